The van der Waals surface area contributed by atoms with Crippen LogP contribution in [0.3, 0.4) is 0 Å². The third-order valence-electron chi connectivity index (χ3n) is 4.31. The van der Waals surface area contributed by atoms with Gasteiger partial charge in [-0.1, -0.05) is 18.2 Å². The van der Waals surface area contributed by atoms with Gasteiger partial charge in [-0.2, -0.15) is 0 Å². The molecule has 2 heterocycles. The Morgan fingerprint density at radius 2 is 2.00 bits per heavy atom. The van der Waals surface area contributed by atoms with Crippen molar-refractivity contribution in [2.75, 3.05) is 18.6 Å². The van der Waals surface area contributed by atoms with Gasteiger partial charge in [0.2, 0.25) is 0 Å². The van der Waals surface area contributed by atoms with E-state index in [0.717, 1.165) is 17.7 Å². The van der Waals surface area contributed by atoms with Crippen molar-refractivity contribution in [3.05, 3.63) is 70.1 Å². The van der Waals surface area contributed by atoms with Crippen LogP contribution in [0.1, 0.15) is 15.9 Å². The number of hydrogen-bond donors (Lipinski definition) is 0. The molecule has 0 unspecified atom stereocenters. The highest BCUT2D eigenvalue weighted by Gasteiger charge is 2.27. The number of fused-ring (bicyclic) bond motifs is 2. The molecule has 0 saturated heterocycles. The molecule has 3 aromatic rings. The quantitative estimate of drug-likeness (QED) is 0.681. The van der Waals surface area contributed by atoms with E-state index in [9.17, 15) is 9.59 Å². The lowest BCUT2D eigenvalue weighted by atomic mass is 10.1. The fourth-order valence-electron chi connectivity index (χ4n) is 3.06. The zero-order chi connectivity index (χ0) is 16.7. The van der Waals surface area contributed by atoms with E-state index in [1.165, 1.54) is 0 Å². The fraction of sp³-hybridized carbons (Fsp3) is 0.158. The van der Waals surface area contributed by atoms with E-state index in [-0.39, 0.29) is 11.5 Å². The van der Waals surface area contributed by atoms with Crippen LogP contribution in [0, 0.1) is 0 Å². The second kappa shape index (κ2) is 5.53. The van der Waals surface area contributed by atoms with Crippen molar-refractivity contribution in [2.45, 2.75) is 6.42 Å². The molecule has 0 spiro atoms. The first-order valence-corrected chi connectivity index (χ1v) is 7.69. The monoisotopic (exact) mass is 321 g/mol. The Morgan fingerprint density at radius 3 is 2.83 bits per heavy atom. The van der Waals surface area contributed by atoms with Gasteiger partial charge in [-0.25, -0.2) is 4.79 Å². The lowest BCUT2D eigenvalue weighted by Crippen LogP contribution is -2.32. The smallest absolute Gasteiger partial charge is 0.349 e. The molecule has 0 fully saturated rings. The minimum atomic E-state index is -0.634. The van der Waals surface area contributed by atoms with Gasteiger partial charge in [0.25, 0.3) is 5.91 Å². The summed E-state index contributed by atoms with van der Waals surface area (Å²) in [7, 11) is 1.54. The number of anilines is 1. The van der Waals surface area contributed by atoms with Crippen molar-refractivity contribution < 1.29 is 13.9 Å². The Hall–Kier alpha value is -3.08. The molecule has 4 rings (SSSR count). The molecule has 0 bridgehead atoms. The molecule has 24 heavy (non-hydrogen) atoms. The maximum atomic E-state index is 12.8. The Bertz CT molecular complexity index is 1010. The number of methoxy groups -OCH3 is 1. The van der Waals surface area contributed by atoms with E-state index in [2.05, 4.69) is 0 Å². The average molecular weight is 321 g/mol. The molecule has 1 aliphatic heterocycles. The number of para-hydroxylation sites is 1. The van der Waals surface area contributed by atoms with Crippen molar-refractivity contribution in [1.29, 1.82) is 0 Å². The number of carbonyl (C=O) groups excluding carboxylic acids is 1. The summed E-state index contributed by atoms with van der Waals surface area (Å²) in [5.74, 6) is 0.268. The Kier molecular flexibility index (Phi) is 3.34. The van der Waals surface area contributed by atoms with Gasteiger partial charge in [0.05, 0.1) is 7.11 Å². The third kappa shape index (κ3) is 2.25. The molecule has 0 saturated carbocycles. The van der Waals surface area contributed by atoms with E-state index < -0.39 is 5.63 Å². The number of benzene rings is 2. The molecule has 2 aromatic carbocycles. The number of amides is 1. The molecule has 0 aliphatic carbocycles. The summed E-state index contributed by atoms with van der Waals surface area (Å²) in [5.41, 5.74) is 1.78. The minimum Gasteiger partial charge on any atom is -0.497 e. The third-order valence-corrected chi connectivity index (χ3v) is 4.31. The number of carbonyl (C=O) groups is 1. The summed E-state index contributed by atoms with van der Waals surface area (Å²) in [6.07, 6.45) is 0.790. The molecule has 1 amide bonds. The molecule has 120 valence electrons. The first-order valence-electron chi connectivity index (χ1n) is 7.69. The molecule has 0 N–H and O–H groups in total. The minimum absolute atomic E-state index is 0.0457. The second-order valence-corrected chi connectivity index (χ2v) is 5.69. The van der Waals surface area contributed by atoms with E-state index in [1.807, 2.05) is 24.3 Å². The van der Waals surface area contributed by atoms with E-state index >= 15 is 0 Å². The summed E-state index contributed by atoms with van der Waals surface area (Å²) in [6.45, 7) is 0.568. The van der Waals surface area contributed by atoms with Crippen LogP contribution in [-0.4, -0.2) is 19.6 Å². The second-order valence-electron chi connectivity index (χ2n) is 5.69. The molecular weight excluding hydrogens is 306 g/mol. The first-order chi connectivity index (χ1) is 11.7. The Labute approximate surface area is 138 Å². The highest BCUT2D eigenvalue weighted by molar-refractivity contribution is 6.08. The summed E-state index contributed by atoms with van der Waals surface area (Å²) < 4.78 is 10.4. The zero-order valence-electron chi connectivity index (χ0n) is 13.1. The molecule has 0 atom stereocenters. The summed E-state index contributed by atoms with van der Waals surface area (Å²) in [5, 5.41) is 0.686. The first kappa shape index (κ1) is 14.5. The summed E-state index contributed by atoms with van der Waals surface area (Å²) >= 11 is 0. The van der Waals surface area contributed by atoms with Gasteiger partial charge < -0.3 is 14.1 Å². The van der Waals surface area contributed by atoms with Gasteiger partial charge >= 0.3 is 5.63 Å². The largest absolute Gasteiger partial charge is 0.497 e. The van der Waals surface area contributed by atoms with Crippen molar-refractivity contribution in [3.8, 4) is 5.75 Å². The number of rotatable bonds is 2. The van der Waals surface area contributed by atoms with E-state index in [4.69, 9.17) is 9.15 Å². The average Bonchev–Trinajstić information content (AvgIpc) is 3.04. The van der Waals surface area contributed by atoms with Gasteiger partial charge in [0, 0.05) is 23.7 Å². The van der Waals surface area contributed by atoms with Gasteiger partial charge in [-0.05, 0) is 36.2 Å². The van der Waals surface area contributed by atoms with Crippen LogP contribution < -0.4 is 15.3 Å². The van der Waals surface area contributed by atoms with Crippen molar-refractivity contribution >= 4 is 22.6 Å². The highest BCUT2D eigenvalue weighted by atomic mass is 16.5. The van der Waals surface area contributed by atoms with Crippen molar-refractivity contribution in [3.63, 3.8) is 0 Å². The van der Waals surface area contributed by atoms with Crippen LogP contribution in [-0.2, 0) is 6.42 Å². The number of hydrogen-bond acceptors (Lipinski definition) is 4. The van der Waals surface area contributed by atoms with E-state index in [0.29, 0.717) is 23.3 Å². The van der Waals surface area contributed by atoms with Crippen LogP contribution in [0.15, 0.2) is 57.7 Å². The molecule has 5 heteroatoms. The van der Waals surface area contributed by atoms with Gasteiger partial charge in [0.15, 0.2) is 0 Å². The summed E-state index contributed by atoms with van der Waals surface area (Å²) in [4.78, 5) is 26.8. The van der Waals surface area contributed by atoms with Crippen molar-refractivity contribution in [1.82, 2.24) is 0 Å². The van der Waals surface area contributed by atoms with Gasteiger partial charge in [-0.3, -0.25) is 4.79 Å². The number of ether oxygens (including phenoxy) is 1. The molecular formula is C19H15NO4. The summed E-state index contributed by atoms with van der Waals surface area (Å²) in [6, 6.07) is 14.5. The Balaban J connectivity index is 1.78. The Morgan fingerprint density at radius 1 is 1.17 bits per heavy atom. The predicted octanol–water partition coefficient (Wildman–Crippen LogP) is 3.00. The molecule has 1 aliphatic rings. The van der Waals surface area contributed by atoms with Crippen LogP contribution in [0.5, 0.6) is 5.75 Å². The zero-order valence-corrected chi connectivity index (χ0v) is 13.1. The maximum Gasteiger partial charge on any atom is 0.349 e. The molecule has 0 radical (unpaired) electrons. The molecule has 1 aromatic heterocycles. The van der Waals surface area contributed by atoms with Gasteiger partial charge in [0.1, 0.15) is 16.9 Å². The van der Waals surface area contributed by atoms with Crippen LogP contribution in [0.25, 0.3) is 11.0 Å². The van der Waals surface area contributed by atoms with Crippen LogP contribution in [0.2, 0.25) is 0 Å². The van der Waals surface area contributed by atoms with E-state index in [1.54, 1.807) is 36.3 Å². The lowest BCUT2D eigenvalue weighted by molar-refractivity contribution is 0.0986. The van der Waals surface area contributed by atoms with Gasteiger partial charge in [-0.15, -0.1) is 0 Å². The lowest BCUT2D eigenvalue weighted by Gasteiger charge is -2.16. The van der Waals surface area contributed by atoms with Crippen LogP contribution in [0.4, 0.5) is 5.69 Å². The maximum absolute atomic E-state index is 12.8. The SMILES string of the molecule is COc1ccc2cc(C(=O)N3CCc4ccccc43)c(=O)oc2c1. The standard InChI is InChI=1S/C19H15NO4/c1-23-14-7-6-13-10-15(19(22)24-17(13)11-14)18(21)20-9-8-12-4-2-3-5-16(12)20/h2-7,10-11H,8-9H2,1H3. The normalized spacial score (nSPS) is 13.1. The highest BCUT2D eigenvalue weighted by Crippen LogP contribution is 2.29. The number of nitrogens with zero attached hydrogens (tertiary/aromatic N) is 1. The molecule has 5 nitrogen and oxygen atoms in total. The van der Waals surface area contributed by atoms with Crippen LogP contribution >= 0.6 is 0 Å². The topological polar surface area (TPSA) is 59.8 Å². The van der Waals surface area contributed by atoms with Crippen molar-refractivity contribution in [2.24, 2.45) is 0 Å². The fourth-order valence-corrected chi connectivity index (χ4v) is 3.06. The predicted molar refractivity (Wildman–Crippen MR) is 90.9 cm³/mol.